The Morgan fingerprint density at radius 1 is 0.337 bits per heavy atom. The van der Waals surface area contributed by atoms with Crippen LogP contribution in [0.1, 0.15) is 58.2 Å². The number of nitriles is 1. The Morgan fingerprint density at radius 2 is 0.663 bits per heavy atom. The zero-order valence-electron chi connectivity index (χ0n) is 57.2. The summed E-state index contributed by atoms with van der Waals surface area (Å²) in [5.41, 5.74) is 28.9. The van der Waals surface area contributed by atoms with E-state index in [4.69, 9.17) is 6.57 Å². The molecule has 0 aliphatic carbocycles. The molecule has 6 nitrogen and oxygen atoms in total. The van der Waals surface area contributed by atoms with Gasteiger partial charge >= 0.3 is 0 Å². The maximum absolute atomic E-state index is 11.3. The van der Waals surface area contributed by atoms with Crippen molar-refractivity contribution in [2.75, 3.05) is 9.80 Å². The summed E-state index contributed by atoms with van der Waals surface area (Å²) in [5, 5.41) is 16.0. The van der Waals surface area contributed by atoms with Crippen molar-refractivity contribution in [2.24, 2.45) is 0 Å². The predicted molar refractivity (Wildman–Crippen MR) is 425 cm³/mol. The number of hydrogen-bond acceptors (Lipinski definition) is 3. The molecule has 0 bridgehead atoms. The number of benzene rings is 14. The van der Waals surface area contributed by atoms with Gasteiger partial charge < -0.3 is 18.9 Å². The molecule has 18 rings (SSSR count). The van der Waals surface area contributed by atoms with Crippen molar-refractivity contribution in [1.29, 1.82) is 5.26 Å². The second-order valence-electron chi connectivity index (χ2n) is 29.1. The third-order valence-electron chi connectivity index (χ3n) is 21.0. The number of nitrogens with zero attached hydrogens (tertiary/aromatic N) is 6. The molecule has 2 aliphatic heterocycles. The Labute approximate surface area is 590 Å². The first kappa shape index (κ1) is 60.7. The van der Waals surface area contributed by atoms with Crippen LogP contribution in [-0.2, 0) is 10.8 Å². The molecule has 16 aromatic rings. The van der Waals surface area contributed by atoms with E-state index in [2.05, 4.69) is 381 Å². The molecular weight excluding hydrogens is 1220 g/mol. The van der Waals surface area contributed by atoms with E-state index in [0.29, 0.717) is 11.3 Å². The quantitative estimate of drug-likeness (QED) is 0.107. The van der Waals surface area contributed by atoms with Crippen LogP contribution < -0.4 is 26.2 Å². The highest BCUT2D eigenvalue weighted by molar-refractivity contribution is 7.00. The number of hydrogen-bond donors (Lipinski definition) is 0. The fourth-order valence-electron chi connectivity index (χ4n) is 16.2. The Morgan fingerprint density at radius 3 is 1.00 bits per heavy atom. The standard InChI is InChI=1S/C94H69BN6/c1-93(2,3)67-50-65(51-68(54-67)94(4,5)6)66-52-88-90-89(53-66)101(92-78(63-32-16-10-17-33-63)55-69(97-7)56-79(92)64-34-18-11-19-35-64)87-58-71(99-84-42-26-22-38-74(84)75-39-23-27-43-85(75)99)45-47-81(87)95(90)80-46-44-70(98-82-40-24-20-36-72(82)73-37-21-25-41-83(73)98)57-86(80)100(88)91-76(61-28-12-8-13-29-61)48-60(59-96)49-77(91)62-30-14-9-15-31-62/h8-58H,1-6H3. The van der Waals surface area contributed by atoms with E-state index in [1.54, 1.807) is 0 Å². The Kier molecular flexibility index (Phi) is 14.1. The van der Waals surface area contributed by atoms with Gasteiger partial charge in [-0.2, -0.15) is 5.26 Å². The van der Waals surface area contributed by atoms with Crippen LogP contribution in [0.15, 0.2) is 309 Å². The van der Waals surface area contributed by atoms with Gasteiger partial charge in [-0.3, -0.25) is 0 Å². The minimum atomic E-state index is -0.349. The monoisotopic (exact) mass is 1290 g/mol. The maximum atomic E-state index is 11.3. The summed E-state index contributed by atoms with van der Waals surface area (Å²) in [4.78, 5) is 9.46. The molecule has 4 heterocycles. The molecule has 0 saturated heterocycles. The van der Waals surface area contributed by atoms with E-state index in [1.165, 1.54) is 32.7 Å². The third kappa shape index (κ3) is 9.91. The number of para-hydroxylation sites is 4. The lowest BCUT2D eigenvalue weighted by Crippen LogP contribution is -2.61. The largest absolute Gasteiger partial charge is 0.310 e. The van der Waals surface area contributed by atoms with Crippen LogP contribution in [0.3, 0.4) is 0 Å². The summed E-state index contributed by atoms with van der Waals surface area (Å²) in [6, 6.07) is 116. The third-order valence-corrected chi connectivity index (χ3v) is 21.0. The van der Waals surface area contributed by atoms with Crippen LogP contribution in [0, 0.1) is 17.9 Å². The fourth-order valence-corrected chi connectivity index (χ4v) is 16.2. The van der Waals surface area contributed by atoms with Gasteiger partial charge in [-0.25, -0.2) is 4.85 Å². The zero-order chi connectivity index (χ0) is 68.4. The lowest BCUT2D eigenvalue weighted by atomic mass is 9.33. The highest BCUT2D eigenvalue weighted by atomic mass is 15.2. The smallest absolute Gasteiger partial charge is 0.252 e. The van der Waals surface area contributed by atoms with Gasteiger partial charge in [0.15, 0.2) is 5.69 Å². The van der Waals surface area contributed by atoms with Crippen LogP contribution >= 0.6 is 0 Å². The van der Waals surface area contributed by atoms with Gasteiger partial charge in [0.25, 0.3) is 6.71 Å². The number of fused-ring (bicyclic) bond motifs is 10. The van der Waals surface area contributed by atoms with Gasteiger partial charge in [0, 0.05) is 66.8 Å². The molecule has 7 heteroatoms. The highest BCUT2D eigenvalue weighted by Crippen LogP contribution is 2.56. The normalized spacial score (nSPS) is 12.6. The van der Waals surface area contributed by atoms with Crippen molar-refractivity contribution in [1.82, 2.24) is 9.13 Å². The molecule has 478 valence electrons. The molecule has 0 radical (unpaired) electrons. The first-order valence-corrected chi connectivity index (χ1v) is 34.8. The van der Waals surface area contributed by atoms with Crippen LogP contribution in [0.4, 0.5) is 39.8 Å². The minimum absolute atomic E-state index is 0.205. The van der Waals surface area contributed by atoms with Crippen molar-refractivity contribution in [3.05, 3.63) is 337 Å². The van der Waals surface area contributed by atoms with Crippen molar-refractivity contribution < 1.29 is 0 Å². The first-order chi connectivity index (χ1) is 49.3. The van der Waals surface area contributed by atoms with E-state index >= 15 is 0 Å². The lowest BCUT2D eigenvalue weighted by molar-refractivity contribution is 0.569. The summed E-state index contributed by atoms with van der Waals surface area (Å²) >= 11 is 0. The Bertz CT molecular complexity index is 5540. The molecule has 101 heavy (non-hydrogen) atoms. The highest BCUT2D eigenvalue weighted by Gasteiger charge is 2.46. The van der Waals surface area contributed by atoms with E-state index in [0.717, 1.165) is 140 Å². The predicted octanol–water partition coefficient (Wildman–Crippen LogP) is 23.3. The SMILES string of the molecule is [C-]#[N+]c1cc(-c2ccccc2)c(N2c3cc(-n4c5ccccc5c5ccccc54)ccc3B3c4ccc(-n5c6ccccc6c6ccccc65)cc4N(c4c(-c5ccccc5)cc(C#N)cc4-c4ccccc4)c4cc(-c5cc(C(C)(C)C)cc(C(C)(C)C)c5)cc2c43)c(-c2ccccc2)c1. The van der Waals surface area contributed by atoms with Gasteiger partial charge in [0.2, 0.25) is 0 Å². The average molecular weight is 1290 g/mol. The molecule has 0 atom stereocenters. The number of aromatic nitrogens is 2. The molecule has 0 amide bonds. The lowest BCUT2D eigenvalue weighted by Gasteiger charge is -2.46. The number of anilines is 6. The molecule has 0 unspecified atom stereocenters. The minimum Gasteiger partial charge on any atom is -0.310 e. The summed E-state index contributed by atoms with van der Waals surface area (Å²) < 4.78 is 4.89. The first-order valence-electron chi connectivity index (χ1n) is 34.8. The van der Waals surface area contributed by atoms with E-state index in [1.807, 2.05) is 0 Å². The molecule has 0 saturated carbocycles. The van der Waals surface area contributed by atoms with Gasteiger partial charge in [-0.15, -0.1) is 0 Å². The molecule has 14 aromatic carbocycles. The van der Waals surface area contributed by atoms with E-state index in [9.17, 15) is 5.26 Å². The van der Waals surface area contributed by atoms with Gasteiger partial charge in [-0.05, 0) is 168 Å². The van der Waals surface area contributed by atoms with Gasteiger partial charge in [-0.1, -0.05) is 266 Å². The summed E-state index contributed by atoms with van der Waals surface area (Å²) in [6.45, 7) is 22.5. The summed E-state index contributed by atoms with van der Waals surface area (Å²) in [6.07, 6.45) is 0. The summed E-state index contributed by atoms with van der Waals surface area (Å²) in [5.74, 6) is 0. The van der Waals surface area contributed by atoms with Gasteiger partial charge in [0.1, 0.15) is 0 Å². The van der Waals surface area contributed by atoms with Crippen molar-refractivity contribution in [3.63, 3.8) is 0 Å². The Balaban J connectivity index is 1.06. The Hall–Kier alpha value is -12.7. The molecule has 2 aromatic heterocycles. The van der Waals surface area contributed by atoms with Crippen LogP contribution in [0.5, 0.6) is 0 Å². The van der Waals surface area contributed by atoms with E-state index < -0.39 is 0 Å². The maximum Gasteiger partial charge on any atom is 0.252 e. The van der Waals surface area contributed by atoms with E-state index in [-0.39, 0.29) is 17.5 Å². The second-order valence-corrected chi connectivity index (χ2v) is 29.1. The summed E-state index contributed by atoms with van der Waals surface area (Å²) in [7, 11) is 0. The second kappa shape index (κ2) is 23.5. The van der Waals surface area contributed by atoms with Gasteiger partial charge in [0.05, 0.1) is 51.6 Å². The molecule has 0 N–H and O–H groups in total. The van der Waals surface area contributed by atoms with Crippen LogP contribution in [-0.4, -0.2) is 15.8 Å². The van der Waals surface area contributed by atoms with Crippen molar-refractivity contribution in [3.8, 4) is 73.1 Å². The van der Waals surface area contributed by atoms with Crippen LogP contribution in [0.2, 0.25) is 0 Å². The number of rotatable bonds is 9. The molecular formula is C94H69BN6. The fraction of sp³-hybridized carbons (Fsp3) is 0.0851. The molecule has 0 fully saturated rings. The molecule has 0 spiro atoms. The zero-order valence-corrected chi connectivity index (χ0v) is 57.2. The molecule has 2 aliphatic rings. The topological polar surface area (TPSA) is 44.5 Å². The van der Waals surface area contributed by atoms with Crippen LogP contribution in [0.25, 0.3) is 115 Å². The van der Waals surface area contributed by atoms with Crippen molar-refractivity contribution in [2.45, 2.75) is 52.4 Å². The van der Waals surface area contributed by atoms with Crippen molar-refractivity contribution >= 4 is 107 Å². The average Bonchev–Trinajstić information content (AvgIpc) is 1.56.